The van der Waals surface area contributed by atoms with E-state index in [1.807, 2.05) is 6.92 Å². The molecule has 0 aromatic heterocycles. The Morgan fingerprint density at radius 1 is 1.75 bits per heavy atom. The molecule has 0 heterocycles. The number of unbranched alkanes of at least 4 members (excludes halogenated alkanes) is 1. The van der Waals surface area contributed by atoms with Gasteiger partial charge in [-0.15, -0.1) is 0 Å². The molecule has 0 aliphatic rings. The Balaban J connectivity index is 1.97. The molecule has 0 atom stereocenters. The van der Waals surface area contributed by atoms with E-state index in [1.54, 1.807) is 0 Å². The average Bonchev–Trinajstić information content (AvgIpc) is 1.37. The zero-order valence-corrected chi connectivity index (χ0v) is 2.91. The van der Waals surface area contributed by atoms with E-state index < -0.39 is 0 Å². The van der Waals surface area contributed by atoms with Crippen molar-refractivity contribution in [3.8, 4) is 0 Å². The maximum absolute atomic E-state index is 6.45. The van der Waals surface area contributed by atoms with Crippen molar-refractivity contribution >= 4 is 0 Å². The summed E-state index contributed by atoms with van der Waals surface area (Å²) in [5, 5.41) is 0. The van der Waals surface area contributed by atoms with Crippen LogP contribution < -0.4 is 0 Å². The number of rotatable bonds is 1. The first-order chi connectivity index (χ1) is 1.91. The lowest BCUT2D eigenvalue weighted by Crippen LogP contribution is -1.48. The largest absolute Gasteiger partial charge is 0.0654 e. The molecule has 0 bridgehead atoms. The zero-order chi connectivity index (χ0) is 3.41. The van der Waals surface area contributed by atoms with Gasteiger partial charge >= 0.3 is 0 Å². The molecule has 0 aromatic rings. The van der Waals surface area contributed by atoms with Crippen LogP contribution in [0, 0.1) is 6.92 Å². The van der Waals surface area contributed by atoms with Crippen molar-refractivity contribution in [1.29, 1.82) is 0 Å². The Morgan fingerprint density at radius 2 is 2.00 bits per heavy atom. The summed E-state index contributed by atoms with van der Waals surface area (Å²) in [7, 11) is 0. The Hall–Kier alpha value is 0. The molecule has 0 N–H and O–H groups in total. The first-order valence-electron chi connectivity index (χ1n) is 1.56. The van der Waals surface area contributed by atoms with E-state index >= 15 is 0 Å². The summed E-state index contributed by atoms with van der Waals surface area (Å²) in [6, 6.07) is 0. The topological polar surface area (TPSA) is 0 Å². The number of hydrogen-bond acceptors (Lipinski definition) is 0. The highest BCUT2D eigenvalue weighted by molar-refractivity contribution is 4.29. The van der Waals surface area contributed by atoms with Crippen molar-refractivity contribution in [2.45, 2.75) is 19.8 Å². The van der Waals surface area contributed by atoms with E-state index in [9.17, 15) is 0 Å². The van der Waals surface area contributed by atoms with Crippen LogP contribution in [0.5, 0.6) is 0 Å². The fourth-order valence-electron chi connectivity index (χ4n) is 0. The van der Waals surface area contributed by atoms with Crippen molar-refractivity contribution in [2.24, 2.45) is 0 Å². The van der Waals surface area contributed by atoms with Crippen LogP contribution in [0.25, 0.3) is 0 Å². The van der Waals surface area contributed by atoms with Crippen LogP contribution in [0.15, 0.2) is 0 Å². The second-order valence-corrected chi connectivity index (χ2v) is 0.750. The first-order valence-corrected chi connectivity index (χ1v) is 1.56. The van der Waals surface area contributed by atoms with Gasteiger partial charge in [-0.25, -0.2) is 0 Å². The van der Waals surface area contributed by atoms with E-state index in [4.69, 9.17) is 6.92 Å². The molecule has 3 radical (unpaired) electrons. The molecule has 0 nitrogen and oxygen atoms in total. The molecule has 23 valence electrons. The van der Waals surface area contributed by atoms with Gasteiger partial charge in [-0.1, -0.05) is 13.3 Å². The van der Waals surface area contributed by atoms with E-state index in [0.29, 0.717) is 6.42 Å². The average molecular weight is 55.1 g/mol. The maximum Gasteiger partial charge on any atom is -0.00937 e. The summed E-state index contributed by atoms with van der Waals surface area (Å²) in [5.74, 6) is 0. The Kier molecular flexibility index (Phi) is 3.00. The minimum Gasteiger partial charge on any atom is -0.0654 e. The lowest BCUT2D eigenvalue weighted by Gasteiger charge is -1.66. The molecule has 0 unspecified atom stereocenters. The summed E-state index contributed by atoms with van der Waals surface area (Å²) < 4.78 is 0. The van der Waals surface area contributed by atoms with Crippen LogP contribution in [-0.2, 0) is 0 Å². The Bertz CT molecular complexity index is 2.00. The second-order valence-electron chi connectivity index (χ2n) is 0.750. The fraction of sp³-hybridized carbons (Fsp3) is 0.750. The van der Waals surface area contributed by atoms with Crippen LogP contribution in [0.2, 0.25) is 0 Å². The summed E-state index contributed by atoms with van der Waals surface area (Å²) in [6.07, 6.45) is 1.56. The lowest BCUT2D eigenvalue weighted by molar-refractivity contribution is 0.956. The van der Waals surface area contributed by atoms with Crippen LogP contribution in [0.3, 0.4) is 0 Å². The van der Waals surface area contributed by atoms with Crippen molar-refractivity contribution in [3.63, 3.8) is 0 Å². The van der Waals surface area contributed by atoms with Gasteiger partial charge < -0.3 is 0 Å². The summed E-state index contributed by atoms with van der Waals surface area (Å²) in [6.45, 7) is 8.44. The predicted octanol–water partition coefficient (Wildman–Crippen LogP) is 1.37. The van der Waals surface area contributed by atoms with Crippen molar-refractivity contribution in [3.05, 3.63) is 6.92 Å². The Morgan fingerprint density at radius 3 is 2.00 bits per heavy atom. The van der Waals surface area contributed by atoms with Gasteiger partial charge in [0.25, 0.3) is 0 Å². The monoisotopic (exact) mass is 55.1 g/mol. The molecule has 0 saturated carbocycles. The number of hydrogen-bond donors (Lipinski definition) is 0. The quantitative estimate of drug-likeness (QED) is 0.425. The minimum atomic E-state index is 0.569. The predicted molar refractivity (Wildman–Crippen MR) is 18.2 cm³/mol. The van der Waals surface area contributed by atoms with Gasteiger partial charge in [-0.3, -0.25) is 0 Å². The van der Waals surface area contributed by atoms with Crippen LogP contribution in [0.1, 0.15) is 19.8 Å². The fourth-order valence-corrected chi connectivity index (χ4v) is 0. The third-order valence-corrected chi connectivity index (χ3v) is 0.250. The van der Waals surface area contributed by atoms with Gasteiger partial charge in [0, 0.05) is 0 Å². The minimum absolute atomic E-state index is 0.569. The third kappa shape index (κ3) is 2.00. The van der Waals surface area contributed by atoms with Gasteiger partial charge in [0.2, 0.25) is 0 Å². The molecule has 0 amide bonds. The second kappa shape index (κ2) is 3.00. The summed E-state index contributed by atoms with van der Waals surface area (Å²) in [4.78, 5) is 0. The molecule has 0 aromatic carbocycles. The molecule has 0 aliphatic carbocycles. The van der Waals surface area contributed by atoms with Crippen molar-refractivity contribution < 1.29 is 0 Å². The van der Waals surface area contributed by atoms with Crippen molar-refractivity contribution in [1.82, 2.24) is 0 Å². The normalized spacial score (nSPS) is 7.50. The molecule has 0 heteroatoms. The molecule has 0 fully saturated rings. The van der Waals surface area contributed by atoms with Crippen LogP contribution >= 0.6 is 0 Å². The molecular formula is C4H7. The third-order valence-electron chi connectivity index (χ3n) is 0.250. The molecule has 0 rings (SSSR count). The smallest absolute Gasteiger partial charge is 0.00937 e. The van der Waals surface area contributed by atoms with E-state index in [2.05, 4.69) is 0 Å². The molecule has 0 spiro atoms. The standard InChI is InChI=1S/C4H7/c1-3-4-2/h3-4H2,1H3. The Labute approximate surface area is 27.8 Å². The van der Waals surface area contributed by atoms with E-state index in [0.717, 1.165) is 6.42 Å². The van der Waals surface area contributed by atoms with Crippen LogP contribution in [0.4, 0.5) is 0 Å². The molecule has 0 saturated heterocycles. The van der Waals surface area contributed by atoms with Gasteiger partial charge in [0.05, 0.1) is 0 Å². The van der Waals surface area contributed by atoms with Gasteiger partial charge in [-0.2, -0.15) is 0 Å². The molecule has 4 heavy (non-hydrogen) atoms. The van der Waals surface area contributed by atoms with Gasteiger partial charge in [0.15, 0.2) is 0 Å². The lowest BCUT2D eigenvalue weighted by atomic mass is 10.4. The maximum atomic E-state index is 6.45. The van der Waals surface area contributed by atoms with Crippen LogP contribution in [-0.4, -0.2) is 0 Å². The van der Waals surface area contributed by atoms with E-state index in [-0.39, 0.29) is 0 Å². The van der Waals surface area contributed by atoms with Gasteiger partial charge in [-0.05, 0) is 13.3 Å². The zero-order valence-electron chi connectivity index (χ0n) is 2.91. The highest BCUT2D eigenvalue weighted by Crippen LogP contribution is 1.75. The SMILES string of the molecule is [C]CCC. The highest BCUT2D eigenvalue weighted by atomic mass is 13.6. The summed E-state index contributed by atoms with van der Waals surface area (Å²) in [5.41, 5.74) is 0. The molecular weight excluding hydrogens is 48.0 g/mol. The highest BCUT2D eigenvalue weighted by Gasteiger charge is 1.57. The summed E-state index contributed by atoms with van der Waals surface area (Å²) >= 11 is 0. The van der Waals surface area contributed by atoms with Gasteiger partial charge in [0.1, 0.15) is 0 Å². The molecule has 0 aliphatic heterocycles. The first kappa shape index (κ1) is 4.00. The van der Waals surface area contributed by atoms with E-state index in [1.165, 1.54) is 0 Å². The van der Waals surface area contributed by atoms with Crippen molar-refractivity contribution in [2.75, 3.05) is 0 Å².